The van der Waals surface area contributed by atoms with E-state index in [1.54, 1.807) is 7.05 Å². The maximum absolute atomic E-state index is 10.9. The first-order valence-electron chi connectivity index (χ1n) is 8.55. The average Bonchev–Trinajstić information content (AvgIpc) is 2.49. The molecule has 0 aromatic rings. The Morgan fingerprint density at radius 1 is 1.17 bits per heavy atom. The molecule has 24 heavy (non-hydrogen) atoms. The standard InChI is InChI=1S/C15H33N5O2S.HI/c1-14-8-4-5-12-20(14)13-7-10-18-15(16-2)17-9-6-11-19-23(3,21)22;/h14,19H,4-13H2,1-3H3,(H2,16,17,18);1H. The van der Waals surface area contributed by atoms with Crippen LogP contribution in [0.1, 0.15) is 39.0 Å². The van der Waals surface area contributed by atoms with Crippen LogP contribution in [0.4, 0.5) is 0 Å². The third kappa shape index (κ3) is 11.4. The fraction of sp³-hybridized carbons (Fsp3) is 0.933. The van der Waals surface area contributed by atoms with Crippen LogP contribution in [-0.2, 0) is 10.0 Å². The van der Waals surface area contributed by atoms with E-state index in [-0.39, 0.29) is 24.0 Å². The summed E-state index contributed by atoms with van der Waals surface area (Å²) in [6.45, 7) is 6.69. The number of nitrogens with zero attached hydrogens (tertiary/aromatic N) is 2. The number of aliphatic imine (C=N–C) groups is 1. The van der Waals surface area contributed by atoms with Crippen molar-refractivity contribution in [2.24, 2.45) is 4.99 Å². The molecule has 1 aliphatic heterocycles. The summed E-state index contributed by atoms with van der Waals surface area (Å²) in [5.74, 6) is 0.774. The van der Waals surface area contributed by atoms with Gasteiger partial charge in [0.2, 0.25) is 10.0 Å². The van der Waals surface area contributed by atoms with Gasteiger partial charge in [0, 0.05) is 39.3 Å². The third-order valence-electron chi connectivity index (χ3n) is 4.09. The minimum atomic E-state index is -3.09. The van der Waals surface area contributed by atoms with E-state index < -0.39 is 10.0 Å². The van der Waals surface area contributed by atoms with Gasteiger partial charge in [-0.2, -0.15) is 0 Å². The molecule has 3 N–H and O–H groups in total. The highest BCUT2D eigenvalue weighted by Crippen LogP contribution is 2.15. The number of sulfonamides is 1. The fourth-order valence-corrected chi connectivity index (χ4v) is 3.27. The van der Waals surface area contributed by atoms with E-state index in [4.69, 9.17) is 0 Å². The highest BCUT2D eigenvalue weighted by atomic mass is 127. The molecule has 0 aliphatic carbocycles. The van der Waals surface area contributed by atoms with Crippen LogP contribution in [0, 0.1) is 0 Å². The van der Waals surface area contributed by atoms with Gasteiger partial charge in [-0.05, 0) is 39.2 Å². The molecular weight excluding hydrogens is 441 g/mol. The third-order valence-corrected chi connectivity index (χ3v) is 4.82. The second-order valence-electron chi connectivity index (χ2n) is 6.18. The first-order chi connectivity index (χ1) is 10.9. The Bertz CT molecular complexity index is 459. The summed E-state index contributed by atoms with van der Waals surface area (Å²) >= 11 is 0. The van der Waals surface area contributed by atoms with E-state index in [0.29, 0.717) is 19.1 Å². The molecule has 1 saturated heterocycles. The SMILES string of the molecule is CN=C(NCCCNS(C)(=O)=O)NCCCN1CCCCC1C.I. The minimum absolute atomic E-state index is 0. The van der Waals surface area contributed by atoms with Gasteiger partial charge in [-0.1, -0.05) is 6.42 Å². The lowest BCUT2D eigenvalue weighted by atomic mass is 10.0. The molecule has 0 aromatic heterocycles. The molecule has 0 aromatic carbocycles. The van der Waals surface area contributed by atoms with Crippen molar-refractivity contribution in [2.75, 3.05) is 46.0 Å². The summed E-state index contributed by atoms with van der Waals surface area (Å²) in [5.41, 5.74) is 0. The van der Waals surface area contributed by atoms with Gasteiger partial charge in [0.25, 0.3) is 0 Å². The Balaban J connectivity index is 0.00000529. The summed E-state index contributed by atoms with van der Waals surface area (Å²) in [5, 5.41) is 6.50. The van der Waals surface area contributed by atoms with Crippen LogP contribution in [0.15, 0.2) is 4.99 Å². The molecule has 0 bridgehead atoms. The number of piperidine rings is 1. The molecule has 7 nitrogen and oxygen atoms in total. The van der Waals surface area contributed by atoms with Crippen molar-refractivity contribution in [3.63, 3.8) is 0 Å². The van der Waals surface area contributed by atoms with Crippen molar-refractivity contribution < 1.29 is 8.42 Å². The lowest BCUT2D eigenvalue weighted by molar-refractivity contribution is 0.159. The maximum Gasteiger partial charge on any atom is 0.208 e. The molecule has 9 heteroatoms. The van der Waals surface area contributed by atoms with Gasteiger partial charge in [0.05, 0.1) is 6.26 Å². The Morgan fingerprint density at radius 3 is 2.42 bits per heavy atom. The second kappa shape index (κ2) is 13.1. The van der Waals surface area contributed by atoms with Crippen molar-refractivity contribution >= 4 is 40.0 Å². The highest BCUT2D eigenvalue weighted by Gasteiger charge is 2.16. The molecule has 1 heterocycles. The normalized spacial score (nSPS) is 19.6. The van der Waals surface area contributed by atoms with Gasteiger partial charge in [0.1, 0.15) is 0 Å². The molecule has 144 valence electrons. The number of rotatable bonds is 9. The molecule has 1 fully saturated rings. The molecule has 0 spiro atoms. The molecule has 1 aliphatic rings. The summed E-state index contributed by atoms with van der Waals surface area (Å²) in [6, 6.07) is 0.712. The monoisotopic (exact) mass is 475 g/mol. The highest BCUT2D eigenvalue weighted by molar-refractivity contribution is 14.0. The van der Waals surface area contributed by atoms with Crippen LogP contribution in [0.3, 0.4) is 0 Å². The van der Waals surface area contributed by atoms with Crippen molar-refractivity contribution in [3.05, 3.63) is 0 Å². The smallest absolute Gasteiger partial charge is 0.208 e. The molecular formula is C15H34IN5O2S. The summed E-state index contributed by atoms with van der Waals surface area (Å²) < 4.78 is 24.4. The van der Waals surface area contributed by atoms with Gasteiger partial charge < -0.3 is 15.5 Å². The first kappa shape index (κ1) is 23.9. The topological polar surface area (TPSA) is 85.8 Å². The number of halogens is 1. The van der Waals surface area contributed by atoms with Crippen LogP contribution >= 0.6 is 24.0 Å². The van der Waals surface area contributed by atoms with Crippen molar-refractivity contribution in [3.8, 4) is 0 Å². The zero-order valence-corrected chi connectivity index (χ0v) is 18.3. The largest absolute Gasteiger partial charge is 0.356 e. The Morgan fingerprint density at radius 2 is 1.83 bits per heavy atom. The number of likely N-dealkylation sites (tertiary alicyclic amines) is 1. The number of hydrogen-bond donors (Lipinski definition) is 3. The van der Waals surface area contributed by atoms with Crippen molar-refractivity contribution in [1.82, 2.24) is 20.3 Å². The van der Waals surface area contributed by atoms with Crippen molar-refractivity contribution in [2.45, 2.75) is 45.1 Å². The molecule has 1 rings (SSSR count). The summed E-state index contributed by atoms with van der Waals surface area (Å²) in [7, 11) is -1.34. The van der Waals surface area contributed by atoms with Crippen molar-refractivity contribution in [1.29, 1.82) is 0 Å². The molecule has 0 amide bonds. The molecule has 0 radical (unpaired) electrons. The maximum atomic E-state index is 10.9. The van der Waals surface area contributed by atoms with Crippen LogP contribution in [0.2, 0.25) is 0 Å². The minimum Gasteiger partial charge on any atom is -0.356 e. The van der Waals surface area contributed by atoms with Gasteiger partial charge in [-0.3, -0.25) is 4.99 Å². The van der Waals surface area contributed by atoms with Crippen LogP contribution in [0.5, 0.6) is 0 Å². The van der Waals surface area contributed by atoms with E-state index in [1.807, 2.05) is 0 Å². The van der Waals surface area contributed by atoms with Crippen LogP contribution in [-0.4, -0.2) is 71.3 Å². The van der Waals surface area contributed by atoms with Gasteiger partial charge in [-0.15, -0.1) is 24.0 Å². The second-order valence-corrected chi connectivity index (χ2v) is 8.01. The van der Waals surface area contributed by atoms with E-state index in [2.05, 4.69) is 32.2 Å². The Hall–Kier alpha value is -0.130. The predicted octanol–water partition coefficient (Wildman–Crippen LogP) is 0.973. The number of hydrogen-bond acceptors (Lipinski definition) is 4. The van der Waals surface area contributed by atoms with Gasteiger partial charge in [-0.25, -0.2) is 13.1 Å². The van der Waals surface area contributed by atoms with Gasteiger partial charge in [0.15, 0.2) is 5.96 Å². The lowest BCUT2D eigenvalue weighted by Crippen LogP contribution is -2.41. The fourth-order valence-electron chi connectivity index (χ4n) is 2.75. The average molecular weight is 475 g/mol. The van der Waals surface area contributed by atoms with E-state index >= 15 is 0 Å². The molecule has 1 atom stereocenters. The number of guanidine groups is 1. The molecule has 0 saturated carbocycles. The summed E-state index contributed by atoms with van der Waals surface area (Å²) in [4.78, 5) is 6.74. The quantitative estimate of drug-likeness (QED) is 0.200. The van der Waals surface area contributed by atoms with E-state index in [0.717, 1.165) is 31.9 Å². The van der Waals surface area contributed by atoms with E-state index in [9.17, 15) is 8.42 Å². The summed E-state index contributed by atoms with van der Waals surface area (Å²) in [6.07, 6.45) is 6.99. The van der Waals surface area contributed by atoms with Gasteiger partial charge >= 0.3 is 0 Å². The van der Waals surface area contributed by atoms with Crippen LogP contribution < -0.4 is 15.4 Å². The lowest BCUT2D eigenvalue weighted by Gasteiger charge is -2.33. The number of nitrogens with one attached hydrogen (secondary N) is 3. The zero-order valence-electron chi connectivity index (χ0n) is 15.2. The predicted molar refractivity (Wildman–Crippen MR) is 112 cm³/mol. The van der Waals surface area contributed by atoms with E-state index in [1.165, 1.54) is 32.1 Å². The first-order valence-corrected chi connectivity index (χ1v) is 10.4. The Kier molecular flexibility index (Phi) is 13.1. The van der Waals surface area contributed by atoms with Crippen LogP contribution in [0.25, 0.3) is 0 Å². The Labute approximate surface area is 164 Å². The zero-order chi connectivity index (χ0) is 17.1. The molecule has 1 unspecified atom stereocenters.